The molecule has 0 bridgehead atoms. The highest BCUT2D eigenvalue weighted by Gasteiger charge is 2.23. The molecule has 6 aromatic rings. The van der Waals surface area contributed by atoms with Crippen molar-refractivity contribution in [3.05, 3.63) is 129 Å². The summed E-state index contributed by atoms with van der Waals surface area (Å²) >= 11 is 0. The zero-order valence-corrected chi connectivity index (χ0v) is 26.8. The predicted molar refractivity (Wildman–Crippen MR) is 184 cm³/mol. The number of carbonyl (C=O) groups is 2. The van der Waals surface area contributed by atoms with Gasteiger partial charge in [-0.1, -0.05) is 87.6 Å². The second kappa shape index (κ2) is 12.4. The molecule has 0 fully saturated rings. The summed E-state index contributed by atoms with van der Waals surface area (Å²) in [7, 11) is 0. The van der Waals surface area contributed by atoms with Crippen LogP contribution in [0.25, 0.3) is 32.6 Å². The number of aromatic nitrogens is 1. The molecule has 0 aliphatic carbocycles. The molecule has 0 amide bonds. The summed E-state index contributed by atoms with van der Waals surface area (Å²) < 4.78 is 14.6. The second-order valence-electron chi connectivity index (χ2n) is 12.6. The topological polar surface area (TPSA) is 49.9 Å². The number of H-pyrrole nitrogens is 1. The molecule has 1 aromatic heterocycles. The minimum atomic E-state index is -0.539. The summed E-state index contributed by atoms with van der Waals surface area (Å²) in [5.74, 6) is -0.363. The number of rotatable bonds is 10. The second-order valence-corrected chi connectivity index (χ2v) is 12.6. The highest BCUT2D eigenvalue weighted by Crippen LogP contribution is 2.38. The number of aromatic amines is 1. The molecule has 1 N–H and O–H groups in total. The molecule has 0 saturated heterocycles. The van der Waals surface area contributed by atoms with Crippen molar-refractivity contribution in [2.24, 2.45) is 5.92 Å². The van der Waals surface area contributed by atoms with Crippen LogP contribution in [0.1, 0.15) is 93.6 Å². The van der Waals surface area contributed by atoms with Crippen molar-refractivity contribution in [2.45, 2.75) is 66.7 Å². The number of unbranched alkanes of at least 4 members (excludes halogenated alkanes) is 1. The van der Waals surface area contributed by atoms with Gasteiger partial charge in [-0.05, 0) is 91.6 Å². The lowest BCUT2D eigenvalue weighted by molar-refractivity contribution is 0.102. The SMILES string of the molecule is CCCCC(CC)Cc1cccc2c(C(=O)c3c(C)cc(C)cc3C)cc3c4cc(C(=O)c5ccccc5F)ccc4[nH]c3c12. The van der Waals surface area contributed by atoms with Crippen molar-refractivity contribution < 1.29 is 14.0 Å². The highest BCUT2D eigenvalue weighted by atomic mass is 19.1. The molecule has 3 nitrogen and oxygen atoms in total. The van der Waals surface area contributed by atoms with Gasteiger partial charge in [-0.15, -0.1) is 0 Å². The van der Waals surface area contributed by atoms with Crippen LogP contribution in [0.5, 0.6) is 0 Å². The number of benzene rings is 5. The maximum atomic E-state index is 14.6. The van der Waals surface area contributed by atoms with E-state index in [2.05, 4.69) is 56.1 Å². The number of ketones is 2. The van der Waals surface area contributed by atoms with E-state index in [9.17, 15) is 14.0 Å². The lowest BCUT2D eigenvalue weighted by Gasteiger charge is -2.18. The van der Waals surface area contributed by atoms with Crippen molar-refractivity contribution in [1.29, 1.82) is 0 Å². The molecule has 228 valence electrons. The van der Waals surface area contributed by atoms with E-state index in [1.165, 1.54) is 37.0 Å². The van der Waals surface area contributed by atoms with Gasteiger partial charge < -0.3 is 4.98 Å². The van der Waals surface area contributed by atoms with Crippen molar-refractivity contribution in [2.75, 3.05) is 0 Å². The van der Waals surface area contributed by atoms with Gasteiger partial charge in [0.15, 0.2) is 11.6 Å². The smallest absolute Gasteiger partial charge is 0.195 e. The first-order chi connectivity index (χ1) is 21.7. The Hall–Kier alpha value is -4.57. The minimum Gasteiger partial charge on any atom is -0.354 e. The van der Waals surface area contributed by atoms with Gasteiger partial charge in [0, 0.05) is 38.4 Å². The van der Waals surface area contributed by atoms with Crippen molar-refractivity contribution >= 4 is 44.1 Å². The van der Waals surface area contributed by atoms with Gasteiger partial charge in [0.2, 0.25) is 0 Å². The number of fused-ring (bicyclic) bond motifs is 5. The zero-order chi connectivity index (χ0) is 31.8. The van der Waals surface area contributed by atoms with E-state index in [0.29, 0.717) is 17.0 Å². The summed E-state index contributed by atoms with van der Waals surface area (Å²) in [5.41, 5.74) is 7.95. The molecule has 0 spiro atoms. The molecule has 45 heavy (non-hydrogen) atoms. The van der Waals surface area contributed by atoms with Crippen LogP contribution in [0.15, 0.2) is 78.9 Å². The first-order valence-electron chi connectivity index (χ1n) is 16.1. The van der Waals surface area contributed by atoms with Crippen molar-refractivity contribution in [3.63, 3.8) is 0 Å². The molecular weight excluding hydrogens is 557 g/mol. The summed E-state index contributed by atoms with van der Waals surface area (Å²) in [4.78, 5) is 31.6. The third kappa shape index (κ3) is 5.59. The van der Waals surface area contributed by atoms with E-state index in [1.54, 1.807) is 18.2 Å². The molecule has 0 saturated carbocycles. The molecule has 0 aliphatic rings. The van der Waals surface area contributed by atoms with Crippen LogP contribution in [-0.4, -0.2) is 16.6 Å². The number of nitrogens with one attached hydrogen (secondary N) is 1. The van der Waals surface area contributed by atoms with Crippen molar-refractivity contribution in [3.8, 4) is 0 Å². The Labute approximate surface area is 264 Å². The lowest BCUT2D eigenvalue weighted by atomic mass is 9.85. The summed E-state index contributed by atoms with van der Waals surface area (Å²) in [5, 5.41) is 3.73. The van der Waals surface area contributed by atoms with E-state index in [1.807, 2.05) is 32.0 Å². The van der Waals surface area contributed by atoms with Crippen LogP contribution in [0.2, 0.25) is 0 Å². The molecule has 0 aliphatic heterocycles. The Kier molecular flexibility index (Phi) is 8.42. The third-order valence-electron chi connectivity index (χ3n) is 9.40. The van der Waals surface area contributed by atoms with E-state index in [-0.39, 0.29) is 17.1 Å². The van der Waals surface area contributed by atoms with Gasteiger partial charge in [0.25, 0.3) is 0 Å². The fourth-order valence-corrected chi connectivity index (χ4v) is 7.13. The fraction of sp³-hybridized carbons (Fsp3) is 0.268. The van der Waals surface area contributed by atoms with Crippen LogP contribution in [0.4, 0.5) is 4.39 Å². The van der Waals surface area contributed by atoms with Gasteiger partial charge in [-0.2, -0.15) is 0 Å². The largest absolute Gasteiger partial charge is 0.354 e. The van der Waals surface area contributed by atoms with Gasteiger partial charge in [0.05, 0.1) is 11.1 Å². The third-order valence-corrected chi connectivity index (χ3v) is 9.40. The Morgan fingerprint density at radius 1 is 0.778 bits per heavy atom. The first-order valence-corrected chi connectivity index (χ1v) is 16.1. The van der Waals surface area contributed by atoms with Crippen LogP contribution in [0.3, 0.4) is 0 Å². The number of halogens is 1. The zero-order valence-electron chi connectivity index (χ0n) is 26.8. The Morgan fingerprint density at radius 3 is 2.24 bits per heavy atom. The molecule has 1 unspecified atom stereocenters. The van der Waals surface area contributed by atoms with Crippen molar-refractivity contribution in [1.82, 2.24) is 4.98 Å². The number of hydrogen-bond acceptors (Lipinski definition) is 2. The van der Waals surface area contributed by atoms with Gasteiger partial charge in [0.1, 0.15) is 5.82 Å². The quantitative estimate of drug-likeness (QED) is 0.160. The molecule has 0 radical (unpaired) electrons. The van der Waals surface area contributed by atoms with Crippen LogP contribution >= 0.6 is 0 Å². The highest BCUT2D eigenvalue weighted by molar-refractivity contribution is 6.27. The van der Waals surface area contributed by atoms with Crippen LogP contribution < -0.4 is 0 Å². The lowest BCUT2D eigenvalue weighted by Crippen LogP contribution is -2.09. The normalized spacial score (nSPS) is 12.3. The Balaban J connectivity index is 1.63. The van der Waals surface area contributed by atoms with Gasteiger partial charge >= 0.3 is 0 Å². The molecule has 4 heteroatoms. The Morgan fingerprint density at radius 2 is 1.53 bits per heavy atom. The van der Waals surface area contributed by atoms with E-state index in [0.717, 1.165) is 67.7 Å². The minimum absolute atomic E-state index is 0.0000112. The summed E-state index contributed by atoms with van der Waals surface area (Å²) in [6, 6.07) is 24.0. The number of hydrogen-bond donors (Lipinski definition) is 1. The van der Waals surface area contributed by atoms with Gasteiger partial charge in [-0.25, -0.2) is 4.39 Å². The summed E-state index contributed by atoms with van der Waals surface area (Å²) in [6.07, 6.45) is 5.55. The maximum Gasteiger partial charge on any atom is 0.195 e. The van der Waals surface area contributed by atoms with Crippen LogP contribution in [0, 0.1) is 32.5 Å². The molecule has 5 aromatic carbocycles. The first kappa shape index (κ1) is 30.5. The fourth-order valence-electron chi connectivity index (χ4n) is 7.13. The average molecular weight is 598 g/mol. The number of aryl methyl sites for hydroxylation is 3. The molecular formula is C41H40FNO2. The Bertz CT molecular complexity index is 2080. The maximum absolute atomic E-state index is 14.6. The van der Waals surface area contributed by atoms with E-state index >= 15 is 0 Å². The predicted octanol–water partition coefficient (Wildman–Crippen LogP) is 10.8. The number of carbonyl (C=O) groups excluding carboxylic acids is 2. The van der Waals surface area contributed by atoms with Gasteiger partial charge in [-0.3, -0.25) is 9.59 Å². The standard InChI is InChI=1S/C41H40FNO2/c1-6-8-12-27(7-2)21-28-13-11-15-30-34(41(45)37-25(4)19-24(3)20-26(37)5)23-33-32-22-29(17-18-36(32)43-39(33)38(28)30)40(44)31-14-9-10-16-35(31)42/h9-11,13-20,22-23,27,43H,6-8,12,21H2,1-5H3. The van der Waals surface area contributed by atoms with Crippen LogP contribution in [-0.2, 0) is 6.42 Å². The van der Waals surface area contributed by atoms with E-state index in [4.69, 9.17) is 0 Å². The summed E-state index contributed by atoms with van der Waals surface area (Å²) in [6.45, 7) is 10.6. The molecule has 1 atom stereocenters. The average Bonchev–Trinajstić information content (AvgIpc) is 3.39. The monoisotopic (exact) mass is 597 g/mol. The molecule has 1 heterocycles. The molecule has 6 rings (SSSR count). The van der Waals surface area contributed by atoms with E-state index < -0.39 is 5.82 Å².